The Labute approximate surface area is 227 Å². The molecular formula is C26H19Cl3N2O6. The van der Waals surface area contributed by atoms with Gasteiger partial charge in [-0.05, 0) is 24.3 Å². The normalized spacial score (nSPS) is 14.6. The number of carbonyl (C=O) groups excluding carboxylic acids is 3. The van der Waals surface area contributed by atoms with Crippen LogP contribution in [0.4, 0.5) is 10.5 Å². The smallest absolute Gasteiger partial charge is 0.336 e. The minimum Gasteiger partial charge on any atom is -0.495 e. The lowest BCUT2D eigenvalue weighted by Gasteiger charge is -2.28. The molecule has 1 aliphatic heterocycles. The molecule has 0 spiro atoms. The topological polar surface area (TPSA) is 94.2 Å². The molecule has 3 aromatic carbocycles. The molecule has 4 amide bonds. The average Bonchev–Trinajstić information content (AvgIpc) is 2.87. The van der Waals surface area contributed by atoms with Crippen LogP contribution in [-0.4, -0.2) is 32.1 Å². The second kappa shape index (κ2) is 11.1. The number of rotatable bonds is 7. The van der Waals surface area contributed by atoms with Crippen molar-refractivity contribution in [3.8, 4) is 17.2 Å². The second-order valence-electron chi connectivity index (χ2n) is 7.68. The predicted molar refractivity (Wildman–Crippen MR) is 141 cm³/mol. The van der Waals surface area contributed by atoms with E-state index < -0.39 is 17.8 Å². The number of para-hydroxylation sites is 1. The minimum absolute atomic E-state index is 0.0477. The maximum Gasteiger partial charge on any atom is 0.336 e. The number of amides is 4. The van der Waals surface area contributed by atoms with E-state index in [4.69, 9.17) is 49.0 Å². The van der Waals surface area contributed by atoms with E-state index in [2.05, 4.69) is 5.32 Å². The van der Waals surface area contributed by atoms with Gasteiger partial charge in [-0.15, -0.1) is 0 Å². The number of nitrogens with zero attached hydrogens (tertiary/aromatic N) is 1. The van der Waals surface area contributed by atoms with Crippen molar-refractivity contribution in [1.82, 2.24) is 5.32 Å². The van der Waals surface area contributed by atoms with E-state index in [1.54, 1.807) is 42.5 Å². The first-order valence-corrected chi connectivity index (χ1v) is 11.9. The van der Waals surface area contributed by atoms with Crippen LogP contribution in [0.1, 0.15) is 11.1 Å². The summed E-state index contributed by atoms with van der Waals surface area (Å²) in [6, 6.07) is 13.7. The second-order valence-corrected chi connectivity index (χ2v) is 8.93. The van der Waals surface area contributed by atoms with Crippen molar-refractivity contribution in [3.05, 3.63) is 86.4 Å². The molecule has 0 aliphatic carbocycles. The first-order chi connectivity index (χ1) is 17.7. The van der Waals surface area contributed by atoms with Crippen LogP contribution in [0.2, 0.25) is 15.1 Å². The Balaban J connectivity index is 1.69. The fourth-order valence-electron chi connectivity index (χ4n) is 3.58. The van der Waals surface area contributed by atoms with Crippen LogP contribution in [0.3, 0.4) is 0 Å². The lowest BCUT2D eigenvalue weighted by atomic mass is 10.1. The average molecular weight is 562 g/mol. The van der Waals surface area contributed by atoms with Crippen LogP contribution in [0.25, 0.3) is 6.08 Å². The first kappa shape index (κ1) is 26.3. The number of anilines is 1. The van der Waals surface area contributed by atoms with Crippen molar-refractivity contribution >= 4 is 64.4 Å². The fourth-order valence-corrected chi connectivity index (χ4v) is 4.27. The molecule has 0 unspecified atom stereocenters. The van der Waals surface area contributed by atoms with Gasteiger partial charge in [0.05, 0.1) is 24.9 Å². The highest BCUT2D eigenvalue weighted by atomic mass is 35.5. The molecule has 4 rings (SSSR count). The fraction of sp³-hybridized carbons (Fsp3) is 0.115. The van der Waals surface area contributed by atoms with Crippen molar-refractivity contribution in [1.29, 1.82) is 0 Å². The Kier molecular flexibility index (Phi) is 7.92. The Hall–Kier alpha value is -3.72. The first-order valence-electron chi connectivity index (χ1n) is 10.7. The molecule has 0 bridgehead atoms. The number of halogens is 3. The molecule has 0 saturated carbocycles. The molecule has 1 heterocycles. The van der Waals surface area contributed by atoms with Crippen LogP contribution in [-0.2, 0) is 16.2 Å². The highest BCUT2D eigenvalue weighted by Gasteiger charge is 2.38. The van der Waals surface area contributed by atoms with Gasteiger partial charge < -0.3 is 14.2 Å². The summed E-state index contributed by atoms with van der Waals surface area (Å²) in [6.07, 6.45) is 1.34. The van der Waals surface area contributed by atoms with E-state index >= 15 is 0 Å². The summed E-state index contributed by atoms with van der Waals surface area (Å²) in [4.78, 5) is 39.6. The summed E-state index contributed by atoms with van der Waals surface area (Å²) in [5.74, 6) is -1.00. The van der Waals surface area contributed by atoms with Crippen LogP contribution in [0, 0.1) is 0 Å². The summed E-state index contributed by atoms with van der Waals surface area (Å²) < 4.78 is 16.4. The quantitative estimate of drug-likeness (QED) is 0.285. The Morgan fingerprint density at radius 2 is 1.59 bits per heavy atom. The molecule has 0 aromatic heterocycles. The van der Waals surface area contributed by atoms with E-state index in [0.29, 0.717) is 26.9 Å². The van der Waals surface area contributed by atoms with E-state index in [0.717, 1.165) is 4.90 Å². The number of carbonyl (C=O) groups is 3. The van der Waals surface area contributed by atoms with E-state index in [-0.39, 0.29) is 34.4 Å². The van der Waals surface area contributed by atoms with Crippen molar-refractivity contribution < 1.29 is 28.6 Å². The molecule has 37 heavy (non-hydrogen) atoms. The van der Waals surface area contributed by atoms with E-state index in [9.17, 15) is 14.4 Å². The van der Waals surface area contributed by atoms with Gasteiger partial charge in [0.2, 0.25) is 0 Å². The number of nitrogens with one attached hydrogen (secondary N) is 1. The summed E-state index contributed by atoms with van der Waals surface area (Å²) >= 11 is 18.3. The highest BCUT2D eigenvalue weighted by Crippen LogP contribution is 2.39. The maximum absolute atomic E-state index is 13.4. The van der Waals surface area contributed by atoms with Crippen LogP contribution >= 0.6 is 34.8 Å². The summed E-state index contributed by atoms with van der Waals surface area (Å²) in [7, 11) is 2.75. The lowest BCUT2D eigenvalue weighted by Crippen LogP contribution is -2.54. The third kappa shape index (κ3) is 5.51. The maximum atomic E-state index is 13.4. The molecule has 190 valence electrons. The van der Waals surface area contributed by atoms with Crippen LogP contribution in [0.5, 0.6) is 17.2 Å². The molecule has 8 nitrogen and oxygen atoms in total. The van der Waals surface area contributed by atoms with Crippen LogP contribution in [0.15, 0.2) is 60.2 Å². The number of hydrogen-bond donors (Lipinski definition) is 1. The van der Waals surface area contributed by atoms with Crippen molar-refractivity contribution in [2.24, 2.45) is 0 Å². The Morgan fingerprint density at radius 1 is 0.865 bits per heavy atom. The molecule has 0 atom stereocenters. The number of hydrogen-bond acceptors (Lipinski definition) is 6. The summed E-state index contributed by atoms with van der Waals surface area (Å²) in [5, 5.41) is 3.33. The summed E-state index contributed by atoms with van der Waals surface area (Å²) in [6.45, 7) is 0.114. The zero-order chi connectivity index (χ0) is 26.7. The number of ether oxygens (including phenoxy) is 3. The Bertz CT molecular complexity index is 1440. The zero-order valence-corrected chi connectivity index (χ0v) is 21.8. The number of methoxy groups -OCH3 is 2. The van der Waals surface area contributed by atoms with Gasteiger partial charge in [0.25, 0.3) is 11.8 Å². The van der Waals surface area contributed by atoms with Gasteiger partial charge in [0.1, 0.15) is 29.4 Å². The van der Waals surface area contributed by atoms with Gasteiger partial charge in [-0.25, -0.2) is 9.69 Å². The summed E-state index contributed by atoms with van der Waals surface area (Å²) in [5.41, 5.74) is 0.879. The molecule has 0 radical (unpaired) electrons. The Morgan fingerprint density at radius 3 is 2.30 bits per heavy atom. The van der Waals surface area contributed by atoms with Gasteiger partial charge in [0, 0.05) is 33.3 Å². The largest absolute Gasteiger partial charge is 0.495 e. The highest BCUT2D eigenvalue weighted by molar-refractivity contribution is 6.40. The molecule has 1 fully saturated rings. The van der Waals surface area contributed by atoms with Gasteiger partial charge in [0.15, 0.2) is 0 Å². The third-order valence-corrected chi connectivity index (χ3v) is 6.30. The molecule has 1 aliphatic rings. The monoisotopic (exact) mass is 560 g/mol. The van der Waals surface area contributed by atoms with Gasteiger partial charge >= 0.3 is 6.03 Å². The van der Waals surface area contributed by atoms with Crippen molar-refractivity contribution in [2.75, 3.05) is 19.1 Å². The van der Waals surface area contributed by atoms with Gasteiger partial charge in [-0.3, -0.25) is 14.9 Å². The SMILES string of the molecule is COc1cc(N2C(=O)NC(=O)/C(=C\c3ccccc3OCc3ccc(Cl)cc3Cl)C2=O)c(OC)cc1Cl. The standard InChI is InChI=1S/C26H19Cl3N2O6/c1-35-22-12-20(23(36-2)11-19(22)29)31-25(33)17(24(32)30-26(31)34)9-14-5-3-4-6-21(14)37-13-15-7-8-16(27)10-18(15)28/h3-12H,13H2,1-2H3,(H,30,32,34)/b17-9+. The zero-order valence-electron chi connectivity index (χ0n) is 19.5. The molecule has 11 heteroatoms. The minimum atomic E-state index is -0.947. The van der Waals surface area contributed by atoms with Crippen LogP contribution < -0.4 is 24.4 Å². The molecule has 1 N–H and O–H groups in total. The molecular weight excluding hydrogens is 543 g/mol. The third-order valence-electron chi connectivity index (χ3n) is 5.41. The molecule has 3 aromatic rings. The number of imide groups is 2. The van der Waals surface area contributed by atoms with E-state index in [1.165, 1.54) is 32.4 Å². The van der Waals surface area contributed by atoms with Crippen molar-refractivity contribution in [3.63, 3.8) is 0 Å². The number of barbiturate groups is 1. The van der Waals surface area contributed by atoms with E-state index in [1.807, 2.05) is 0 Å². The van der Waals surface area contributed by atoms with Gasteiger partial charge in [-0.1, -0.05) is 59.1 Å². The van der Waals surface area contributed by atoms with Crippen molar-refractivity contribution in [2.45, 2.75) is 6.61 Å². The number of urea groups is 1. The van der Waals surface area contributed by atoms with Gasteiger partial charge in [-0.2, -0.15) is 0 Å². The predicted octanol–water partition coefficient (Wildman–Crippen LogP) is 5.91. The lowest BCUT2D eigenvalue weighted by molar-refractivity contribution is -0.122. The number of benzene rings is 3. The molecule has 1 saturated heterocycles.